The lowest BCUT2D eigenvalue weighted by molar-refractivity contribution is 0.0594. The fourth-order valence-corrected chi connectivity index (χ4v) is 3.50. The Morgan fingerprint density at radius 2 is 2.22 bits per heavy atom. The molecule has 6 heteroatoms. The largest absolute Gasteiger partial charge is 0.345 e. The molecule has 1 fully saturated rings. The molecule has 1 aliphatic heterocycles. The van der Waals surface area contributed by atoms with Crippen molar-refractivity contribution in [1.82, 2.24) is 19.7 Å². The first kappa shape index (κ1) is 15.8. The summed E-state index contributed by atoms with van der Waals surface area (Å²) in [4.78, 5) is 30.5. The molecule has 124 valence electrons. The van der Waals surface area contributed by atoms with Crippen molar-refractivity contribution in [2.45, 2.75) is 46.1 Å². The van der Waals surface area contributed by atoms with Crippen LogP contribution in [0.2, 0.25) is 0 Å². The van der Waals surface area contributed by atoms with Gasteiger partial charge in [-0.25, -0.2) is 0 Å². The van der Waals surface area contributed by atoms with Crippen molar-refractivity contribution in [1.29, 1.82) is 0 Å². The molecule has 6 nitrogen and oxygen atoms in total. The number of nitrogens with one attached hydrogen (secondary N) is 1. The van der Waals surface area contributed by atoms with Crippen LogP contribution in [0.1, 0.15) is 50.4 Å². The summed E-state index contributed by atoms with van der Waals surface area (Å²) in [6.45, 7) is 7.25. The van der Waals surface area contributed by atoms with E-state index in [1.165, 1.54) is 12.4 Å². The zero-order valence-corrected chi connectivity index (χ0v) is 14.2. The number of carbonyl (C=O) groups excluding carboxylic acids is 1. The third kappa shape index (κ3) is 2.46. The van der Waals surface area contributed by atoms with Crippen LogP contribution in [0, 0.1) is 5.41 Å². The number of fused-ring (bicyclic) bond motifs is 1. The maximum atomic E-state index is 13.0. The molecule has 0 saturated carbocycles. The monoisotopic (exact) mass is 316 g/mol. The molecule has 1 aliphatic rings. The summed E-state index contributed by atoms with van der Waals surface area (Å²) in [5.41, 5.74) is 0.664. The predicted octanol–water partition coefficient (Wildman–Crippen LogP) is 2.30. The van der Waals surface area contributed by atoms with Crippen LogP contribution in [-0.4, -0.2) is 38.2 Å². The van der Waals surface area contributed by atoms with Crippen LogP contribution in [0.15, 0.2) is 17.2 Å². The first-order valence-electron chi connectivity index (χ1n) is 8.21. The Morgan fingerprint density at radius 3 is 2.91 bits per heavy atom. The van der Waals surface area contributed by atoms with Crippen LogP contribution < -0.4 is 5.43 Å². The van der Waals surface area contributed by atoms with Crippen LogP contribution >= 0.6 is 0 Å². The maximum Gasteiger partial charge on any atom is 0.259 e. The van der Waals surface area contributed by atoms with Crippen molar-refractivity contribution >= 4 is 16.9 Å². The van der Waals surface area contributed by atoms with Crippen LogP contribution in [0.4, 0.5) is 0 Å². The zero-order chi connectivity index (χ0) is 16.8. The van der Waals surface area contributed by atoms with Gasteiger partial charge >= 0.3 is 0 Å². The van der Waals surface area contributed by atoms with E-state index >= 15 is 0 Å². The minimum absolute atomic E-state index is 0.0529. The molecule has 1 unspecified atom stereocenters. The van der Waals surface area contributed by atoms with E-state index in [2.05, 4.69) is 30.9 Å². The number of aryl methyl sites for hydroxylation is 1. The summed E-state index contributed by atoms with van der Waals surface area (Å²) < 4.78 is 1.60. The SMILES string of the molecule is CCC(C)(C)C1CCCN1C(=O)c1c[nH]c2c(cnn2C)c1=O. The van der Waals surface area contributed by atoms with Gasteiger partial charge in [-0.05, 0) is 24.7 Å². The number of aromatic amines is 1. The summed E-state index contributed by atoms with van der Waals surface area (Å²) in [7, 11) is 1.76. The Morgan fingerprint density at radius 1 is 1.48 bits per heavy atom. The van der Waals surface area contributed by atoms with Gasteiger partial charge in [-0.2, -0.15) is 5.10 Å². The van der Waals surface area contributed by atoms with Crippen LogP contribution in [0.3, 0.4) is 0 Å². The highest BCUT2D eigenvalue weighted by Crippen LogP contribution is 2.36. The van der Waals surface area contributed by atoms with Gasteiger partial charge in [-0.3, -0.25) is 14.3 Å². The molecule has 2 aromatic heterocycles. The number of likely N-dealkylation sites (tertiary alicyclic amines) is 1. The van der Waals surface area contributed by atoms with Gasteiger partial charge < -0.3 is 9.88 Å². The lowest BCUT2D eigenvalue weighted by Crippen LogP contribution is -2.45. The molecule has 2 aromatic rings. The van der Waals surface area contributed by atoms with E-state index in [-0.39, 0.29) is 28.4 Å². The summed E-state index contributed by atoms with van der Waals surface area (Å²) in [6, 6.07) is 0.184. The molecule has 23 heavy (non-hydrogen) atoms. The summed E-state index contributed by atoms with van der Waals surface area (Å²) >= 11 is 0. The molecule has 3 heterocycles. The van der Waals surface area contributed by atoms with Crippen molar-refractivity contribution < 1.29 is 4.79 Å². The highest BCUT2D eigenvalue weighted by Gasteiger charge is 2.39. The number of hydrogen-bond donors (Lipinski definition) is 1. The highest BCUT2D eigenvalue weighted by atomic mass is 16.2. The van der Waals surface area contributed by atoms with E-state index in [4.69, 9.17) is 0 Å². The van der Waals surface area contributed by atoms with E-state index in [1.54, 1.807) is 11.7 Å². The second-order valence-corrected chi connectivity index (χ2v) is 7.06. The van der Waals surface area contributed by atoms with Gasteiger partial charge in [-0.1, -0.05) is 20.8 Å². The fraction of sp³-hybridized carbons (Fsp3) is 0.588. The summed E-state index contributed by atoms with van der Waals surface area (Å²) in [6.07, 6.45) is 6.04. The molecular weight excluding hydrogens is 292 g/mol. The molecule has 0 spiro atoms. The number of amides is 1. The van der Waals surface area contributed by atoms with Crippen LogP contribution in [0.25, 0.3) is 11.0 Å². The summed E-state index contributed by atoms with van der Waals surface area (Å²) in [5, 5.41) is 4.54. The van der Waals surface area contributed by atoms with E-state index < -0.39 is 0 Å². The number of pyridine rings is 1. The standard InChI is InChI=1S/C17H24N4O2/c1-5-17(2,3)13-7-6-8-21(13)16(23)12-9-18-15-11(14(12)22)10-19-20(15)4/h9-10,13H,5-8H2,1-4H3,(H,18,22). The highest BCUT2D eigenvalue weighted by molar-refractivity contribution is 5.97. The Labute approximate surface area is 135 Å². The van der Waals surface area contributed by atoms with Crippen molar-refractivity contribution in [2.75, 3.05) is 6.54 Å². The smallest absolute Gasteiger partial charge is 0.259 e. The van der Waals surface area contributed by atoms with Gasteiger partial charge in [0.25, 0.3) is 5.91 Å². The predicted molar refractivity (Wildman–Crippen MR) is 89.5 cm³/mol. The van der Waals surface area contributed by atoms with Crippen LogP contribution in [-0.2, 0) is 7.05 Å². The van der Waals surface area contributed by atoms with Gasteiger partial charge in [0, 0.05) is 25.8 Å². The Balaban J connectivity index is 2.00. The first-order chi connectivity index (χ1) is 10.9. The van der Waals surface area contributed by atoms with Crippen molar-refractivity contribution in [3.05, 3.63) is 28.2 Å². The zero-order valence-electron chi connectivity index (χ0n) is 14.2. The minimum Gasteiger partial charge on any atom is -0.345 e. The minimum atomic E-state index is -0.239. The first-order valence-corrected chi connectivity index (χ1v) is 8.21. The number of H-pyrrole nitrogens is 1. The third-order valence-corrected chi connectivity index (χ3v) is 5.34. The Hall–Kier alpha value is -2.11. The topological polar surface area (TPSA) is 71.0 Å². The third-order valence-electron chi connectivity index (χ3n) is 5.34. The summed E-state index contributed by atoms with van der Waals surface area (Å²) in [5.74, 6) is -0.166. The average Bonchev–Trinajstić information content (AvgIpc) is 3.15. The molecule has 1 saturated heterocycles. The lowest BCUT2D eigenvalue weighted by Gasteiger charge is -2.37. The van der Waals surface area contributed by atoms with Crippen molar-refractivity contribution in [3.8, 4) is 0 Å². The Bertz CT molecular complexity index is 803. The van der Waals surface area contributed by atoms with Gasteiger partial charge in [0.2, 0.25) is 5.43 Å². The van der Waals surface area contributed by atoms with Gasteiger partial charge in [0.15, 0.2) is 0 Å². The van der Waals surface area contributed by atoms with Gasteiger partial charge in [-0.15, -0.1) is 0 Å². The van der Waals surface area contributed by atoms with E-state index in [9.17, 15) is 9.59 Å². The van der Waals surface area contributed by atoms with Crippen LogP contribution in [0.5, 0.6) is 0 Å². The van der Waals surface area contributed by atoms with Crippen molar-refractivity contribution in [2.24, 2.45) is 12.5 Å². The molecule has 0 bridgehead atoms. The second-order valence-electron chi connectivity index (χ2n) is 7.06. The van der Waals surface area contributed by atoms with Gasteiger partial charge in [0.05, 0.1) is 11.6 Å². The fourth-order valence-electron chi connectivity index (χ4n) is 3.50. The molecule has 0 aliphatic carbocycles. The Kier molecular flexibility index (Phi) is 3.78. The van der Waals surface area contributed by atoms with E-state index in [0.717, 1.165) is 25.8 Å². The number of rotatable bonds is 3. The molecule has 1 amide bonds. The number of nitrogens with zero attached hydrogens (tertiary/aromatic N) is 3. The maximum absolute atomic E-state index is 13.0. The molecule has 1 N–H and O–H groups in total. The number of aromatic nitrogens is 3. The number of carbonyl (C=O) groups is 1. The van der Waals surface area contributed by atoms with E-state index in [0.29, 0.717) is 11.0 Å². The quantitative estimate of drug-likeness (QED) is 0.944. The van der Waals surface area contributed by atoms with Gasteiger partial charge in [0.1, 0.15) is 11.2 Å². The normalized spacial score (nSPS) is 18.8. The van der Waals surface area contributed by atoms with E-state index in [1.807, 2.05) is 4.90 Å². The molecular formula is C17H24N4O2. The molecule has 0 aromatic carbocycles. The molecule has 0 radical (unpaired) electrons. The lowest BCUT2D eigenvalue weighted by atomic mass is 9.80. The number of hydrogen-bond acceptors (Lipinski definition) is 3. The van der Waals surface area contributed by atoms with Crippen molar-refractivity contribution in [3.63, 3.8) is 0 Å². The molecule has 1 atom stereocenters. The second kappa shape index (κ2) is 5.51. The average molecular weight is 316 g/mol. The molecule has 3 rings (SSSR count).